The molecule has 1 saturated heterocycles. The molecule has 4 heterocycles. The SMILES string of the molecule is CCn1cc(-c2ccnc3c2cc(-c2cccc(CN4CCOCC4)c2)n3S(=O)(=O)c2ccccc2)c(-c2ccc([N+](=O)[O-])cc2)n1. The van der Waals surface area contributed by atoms with Gasteiger partial charge in [0.1, 0.15) is 5.69 Å². The minimum Gasteiger partial charge on any atom is -0.379 e. The highest BCUT2D eigenvalue weighted by Crippen LogP contribution is 2.40. The van der Waals surface area contributed by atoms with Gasteiger partial charge in [0.15, 0.2) is 5.65 Å². The predicted octanol–water partition coefficient (Wildman–Crippen LogP) is 6.23. The first kappa shape index (κ1) is 30.5. The number of nitrogens with zero attached hydrogens (tertiary/aromatic N) is 6. The topological polar surface area (TPSA) is 125 Å². The van der Waals surface area contributed by atoms with Crippen LogP contribution in [0.2, 0.25) is 0 Å². The van der Waals surface area contributed by atoms with Crippen LogP contribution in [-0.2, 0) is 27.8 Å². The molecule has 11 nitrogen and oxygen atoms in total. The minimum absolute atomic E-state index is 0.0137. The van der Waals surface area contributed by atoms with Crippen LogP contribution in [0.1, 0.15) is 12.5 Å². The van der Waals surface area contributed by atoms with E-state index in [1.165, 1.54) is 16.1 Å². The maximum atomic E-state index is 14.4. The van der Waals surface area contributed by atoms with Crippen LogP contribution < -0.4 is 0 Å². The number of nitro benzene ring substituents is 1. The van der Waals surface area contributed by atoms with Gasteiger partial charge in [-0.25, -0.2) is 17.4 Å². The van der Waals surface area contributed by atoms with E-state index >= 15 is 0 Å². The van der Waals surface area contributed by atoms with Crippen molar-refractivity contribution >= 4 is 26.7 Å². The summed E-state index contributed by atoms with van der Waals surface area (Å²) in [5.74, 6) is 0. The highest BCUT2D eigenvalue weighted by atomic mass is 32.2. The van der Waals surface area contributed by atoms with Gasteiger partial charge in [0.2, 0.25) is 0 Å². The number of nitro groups is 1. The third-order valence-electron chi connectivity index (χ3n) is 8.40. The monoisotopic (exact) mass is 648 g/mol. The van der Waals surface area contributed by atoms with Crippen molar-refractivity contribution < 1.29 is 18.1 Å². The normalized spacial score (nSPS) is 14.1. The molecule has 47 heavy (non-hydrogen) atoms. The number of benzene rings is 3. The molecule has 1 fully saturated rings. The fourth-order valence-electron chi connectivity index (χ4n) is 6.03. The molecule has 1 aliphatic rings. The molecule has 7 rings (SSSR count). The van der Waals surface area contributed by atoms with Crippen molar-refractivity contribution in [2.75, 3.05) is 26.3 Å². The quantitative estimate of drug-likeness (QED) is 0.133. The molecule has 0 unspecified atom stereocenters. The molecule has 238 valence electrons. The Morgan fingerprint density at radius 2 is 1.66 bits per heavy atom. The summed E-state index contributed by atoms with van der Waals surface area (Å²) in [6.07, 6.45) is 3.52. The Balaban J connectivity index is 1.43. The molecule has 0 radical (unpaired) electrons. The molecule has 6 aromatic rings. The largest absolute Gasteiger partial charge is 0.379 e. The number of hydrogen-bond donors (Lipinski definition) is 0. The van der Waals surface area contributed by atoms with Crippen LogP contribution in [0.3, 0.4) is 0 Å². The fraction of sp³-hybridized carbons (Fsp3) is 0.200. The summed E-state index contributed by atoms with van der Waals surface area (Å²) >= 11 is 0. The van der Waals surface area contributed by atoms with Gasteiger partial charge in [-0.15, -0.1) is 0 Å². The lowest BCUT2D eigenvalue weighted by atomic mass is 9.99. The van der Waals surface area contributed by atoms with Gasteiger partial charge in [0.25, 0.3) is 15.7 Å². The van der Waals surface area contributed by atoms with E-state index in [0.29, 0.717) is 47.7 Å². The van der Waals surface area contributed by atoms with Gasteiger partial charge in [-0.3, -0.25) is 19.7 Å². The fourth-order valence-corrected chi connectivity index (χ4v) is 7.54. The zero-order valence-electron chi connectivity index (χ0n) is 25.7. The zero-order chi connectivity index (χ0) is 32.5. The van der Waals surface area contributed by atoms with Gasteiger partial charge in [-0.2, -0.15) is 5.10 Å². The van der Waals surface area contributed by atoms with Gasteiger partial charge >= 0.3 is 0 Å². The van der Waals surface area contributed by atoms with E-state index in [0.717, 1.165) is 41.9 Å². The number of aromatic nitrogens is 4. The Hall–Kier alpha value is -5.17. The van der Waals surface area contributed by atoms with Crippen molar-refractivity contribution in [3.05, 3.63) is 119 Å². The van der Waals surface area contributed by atoms with E-state index in [1.807, 2.05) is 43.5 Å². The van der Waals surface area contributed by atoms with Gasteiger partial charge in [0.05, 0.1) is 28.7 Å². The molecular formula is C35H32N6O5S. The Morgan fingerprint density at radius 3 is 2.38 bits per heavy atom. The van der Waals surface area contributed by atoms with E-state index in [9.17, 15) is 18.5 Å². The molecule has 3 aromatic carbocycles. The lowest BCUT2D eigenvalue weighted by molar-refractivity contribution is -0.384. The third kappa shape index (κ3) is 5.82. The molecule has 0 amide bonds. The average Bonchev–Trinajstić information content (AvgIpc) is 3.72. The highest BCUT2D eigenvalue weighted by Gasteiger charge is 2.27. The highest BCUT2D eigenvalue weighted by molar-refractivity contribution is 7.90. The predicted molar refractivity (Wildman–Crippen MR) is 179 cm³/mol. The van der Waals surface area contributed by atoms with E-state index in [1.54, 1.807) is 53.3 Å². The number of morpholine rings is 1. The standard InChI is InChI=1S/C35H32N6O5S/c1-2-39-24-32(34(37-39)26-11-13-28(14-12-26)41(42)43)30-15-16-36-35-31(30)22-33(40(35)47(44,45)29-9-4-3-5-10-29)27-8-6-7-25(21-27)23-38-17-19-46-20-18-38/h3-16,21-22,24H,2,17-20,23H2,1H3. The van der Waals surface area contributed by atoms with Crippen molar-refractivity contribution in [1.29, 1.82) is 0 Å². The molecule has 0 N–H and O–H groups in total. The van der Waals surface area contributed by atoms with Crippen LogP contribution in [0, 0.1) is 10.1 Å². The van der Waals surface area contributed by atoms with Crippen molar-refractivity contribution in [3.63, 3.8) is 0 Å². The molecule has 3 aromatic heterocycles. The maximum Gasteiger partial charge on any atom is 0.269 e. The second-order valence-corrected chi connectivity index (χ2v) is 13.1. The molecular weight excluding hydrogens is 616 g/mol. The Bertz CT molecular complexity index is 2190. The summed E-state index contributed by atoms with van der Waals surface area (Å²) in [4.78, 5) is 18.0. The first-order chi connectivity index (χ1) is 22.8. The Kier molecular flexibility index (Phi) is 8.14. The molecule has 0 bridgehead atoms. The molecule has 0 spiro atoms. The maximum absolute atomic E-state index is 14.4. The first-order valence-electron chi connectivity index (χ1n) is 15.4. The molecule has 0 atom stereocenters. The molecule has 1 aliphatic heterocycles. The number of rotatable bonds is 9. The third-order valence-corrected chi connectivity index (χ3v) is 10.1. The van der Waals surface area contributed by atoms with Crippen molar-refractivity contribution in [2.24, 2.45) is 0 Å². The van der Waals surface area contributed by atoms with Crippen LogP contribution in [0.15, 0.2) is 108 Å². The van der Waals surface area contributed by atoms with Crippen molar-refractivity contribution in [1.82, 2.24) is 23.6 Å². The second kappa shape index (κ2) is 12.6. The van der Waals surface area contributed by atoms with Crippen LogP contribution >= 0.6 is 0 Å². The summed E-state index contributed by atoms with van der Waals surface area (Å²) in [7, 11) is -4.07. The van der Waals surface area contributed by atoms with Crippen LogP contribution in [0.25, 0.3) is 44.7 Å². The van der Waals surface area contributed by atoms with Crippen LogP contribution in [0.5, 0.6) is 0 Å². The zero-order valence-corrected chi connectivity index (χ0v) is 26.5. The van der Waals surface area contributed by atoms with Crippen molar-refractivity contribution in [2.45, 2.75) is 24.9 Å². The van der Waals surface area contributed by atoms with Crippen LogP contribution in [0.4, 0.5) is 5.69 Å². The average molecular weight is 649 g/mol. The Labute approximate surface area is 271 Å². The summed E-state index contributed by atoms with van der Waals surface area (Å²) in [6, 6.07) is 26.3. The summed E-state index contributed by atoms with van der Waals surface area (Å²) in [5.41, 5.74) is 5.42. The van der Waals surface area contributed by atoms with Gasteiger partial charge in [0, 0.05) is 67.2 Å². The summed E-state index contributed by atoms with van der Waals surface area (Å²) in [5, 5.41) is 16.7. The van der Waals surface area contributed by atoms with Gasteiger partial charge in [-0.05, 0) is 66.1 Å². The minimum atomic E-state index is -4.07. The van der Waals surface area contributed by atoms with Gasteiger partial charge in [-0.1, -0.05) is 36.4 Å². The van der Waals surface area contributed by atoms with Crippen LogP contribution in [-0.4, -0.2) is 63.3 Å². The number of ether oxygens (including phenoxy) is 1. The number of non-ortho nitro benzene ring substituents is 1. The second-order valence-electron chi connectivity index (χ2n) is 11.3. The van der Waals surface area contributed by atoms with E-state index in [4.69, 9.17) is 9.84 Å². The summed E-state index contributed by atoms with van der Waals surface area (Å²) in [6.45, 7) is 6.34. The van der Waals surface area contributed by atoms with Crippen molar-refractivity contribution in [3.8, 4) is 33.6 Å². The van der Waals surface area contributed by atoms with Gasteiger partial charge < -0.3 is 4.74 Å². The number of fused-ring (bicyclic) bond motifs is 1. The molecule has 0 saturated carbocycles. The van der Waals surface area contributed by atoms with E-state index in [2.05, 4.69) is 16.0 Å². The molecule has 12 heteroatoms. The number of aryl methyl sites for hydroxylation is 1. The smallest absolute Gasteiger partial charge is 0.269 e. The number of hydrogen-bond acceptors (Lipinski definition) is 8. The lowest BCUT2D eigenvalue weighted by Crippen LogP contribution is -2.35. The number of pyridine rings is 1. The summed E-state index contributed by atoms with van der Waals surface area (Å²) < 4.78 is 37.5. The Morgan fingerprint density at radius 1 is 0.894 bits per heavy atom. The first-order valence-corrected chi connectivity index (χ1v) is 16.8. The lowest BCUT2D eigenvalue weighted by Gasteiger charge is -2.26. The molecule has 0 aliphatic carbocycles. The van der Waals surface area contributed by atoms with E-state index < -0.39 is 14.9 Å². The van der Waals surface area contributed by atoms with E-state index in [-0.39, 0.29) is 10.6 Å².